The molecule has 9 heteroatoms. The number of rotatable bonds is 6. The number of thiazole rings is 1. The Morgan fingerprint density at radius 2 is 2.11 bits per heavy atom. The summed E-state index contributed by atoms with van der Waals surface area (Å²) in [4.78, 5) is 43.1. The zero-order chi connectivity index (χ0) is 20.3. The Labute approximate surface area is 166 Å². The predicted octanol–water partition coefficient (Wildman–Crippen LogP) is 2.63. The first-order chi connectivity index (χ1) is 13.4. The Morgan fingerprint density at radius 1 is 1.36 bits per heavy atom. The van der Waals surface area contributed by atoms with Crippen molar-refractivity contribution in [2.24, 2.45) is 5.92 Å². The van der Waals surface area contributed by atoms with E-state index in [1.165, 1.54) is 7.11 Å². The Kier molecular flexibility index (Phi) is 5.93. The van der Waals surface area contributed by atoms with E-state index in [1.807, 2.05) is 12.1 Å². The lowest BCUT2D eigenvalue weighted by atomic mass is 10.1. The van der Waals surface area contributed by atoms with Crippen molar-refractivity contribution >= 4 is 39.9 Å². The highest BCUT2D eigenvalue weighted by molar-refractivity contribution is 7.17. The van der Waals surface area contributed by atoms with E-state index >= 15 is 0 Å². The van der Waals surface area contributed by atoms with Crippen LogP contribution < -0.4 is 15.0 Å². The fourth-order valence-corrected chi connectivity index (χ4v) is 3.88. The van der Waals surface area contributed by atoms with Gasteiger partial charge in [0, 0.05) is 13.0 Å². The Morgan fingerprint density at radius 3 is 2.82 bits per heavy atom. The van der Waals surface area contributed by atoms with E-state index in [0.717, 1.165) is 11.3 Å². The number of nitrogens with one attached hydrogen (secondary N) is 1. The lowest BCUT2D eigenvalue weighted by Gasteiger charge is -2.19. The number of carbonyl (C=O) groups is 3. The molecule has 0 bridgehead atoms. The molecule has 0 spiro atoms. The van der Waals surface area contributed by atoms with Crippen LogP contribution in [0.2, 0.25) is 0 Å². The van der Waals surface area contributed by atoms with Crippen LogP contribution in [-0.4, -0.2) is 43.0 Å². The van der Waals surface area contributed by atoms with Crippen LogP contribution in [0.15, 0.2) is 24.3 Å². The number of benzene rings is 1. The minimum absolute atomic E-state index is 0.0962. The summed E-state index contributed by atoms with van der Waals surface area (Å²) in [6.07, 6.45) is 0.0962. The summed E-state index contributed by atoms with van der Waals surface area (Å²) in [5.41, 5.74) is 1.14. The van der Waals surface area contributed by atoms with Gasteiger partial charge in [0.1, 0.15) is 10.6 Å². The van der Waals surface area contributed by atoms with Crippen LogP contribution in [0.3, 0.4) is 0 Å². The van der Waals surface area contributed by atoms with Crippen LogP contribution in [0.5, 0.6) is 5.75 Å². The maximum atomic E-state index is 12.6. The minimum Gasteiger partial charge on any atom is -0.495 e. The number of hydrogen-bond donors (Lipinski definition) is 1. The number of amides is 2. The van der Waals surface area contributed by atoms with Crippen molar-refractivity contribution in [3.8, 4) is 5.75 Å². The standard InChI is InChI=1S/C19H21N3O5S/c1-4-27-18(25)16-11(2)20-19(28-16)21-17(24)12-9-15(23)22(10-12)13-7-5-6-8-14(13)26-3/h5-8,12H,4,9-10H2,1-3H3,(H,20,21,24)/t12-/m0/s1. The first kappa shape index (κ1) is 19.8. The van der Waals surface area contributed by atoms with Crippen molar-refractivity contribution in [1.29, 1.82) is 0 Å². The number of hydrogen-bond acceptors (Lipinski definition) is 7. The highest BCUT2D eigenvalue weighted by atomic mass is 32.1. The molecule has 2 heterocycles. The Hall–Kier alpha value is -2.94. The lowest BCUT2D eigenvalue weighted by molar-refractivity contribution is -0.122. The van der Waals surface area contributed by atoms with Gasteiger partial charge in [0.15, 0.2) is 5.13 Å². The second kappa shape index (κ2) is 8.39. The van der Waals surface area contributed by atoms with E-state index in [4.69, 9.17) is 9.47 Å². The maximum absolute atomic E-state index is 12.6. The smallest absolute Gasteiger partial charge is 0.350 e. The number of methoxy groups -OCH3 is 1. The van der Waals surface area contributed by atoms with Gasteiger partial charge in [-0.15, -0.1) is 0 Å². The Balaban J connectivity index is 1.70. The molecule has 1 N–H and O–H groups in total. The first-order valence-corrected chi connectivity index (χ1v) is 9.65. The van der Waals surface area contributed by atoms with Crippen LogP contribution in [0.25, 0.3) is 0 Å². The predicted molar refractivity (Wildman–Crippen MR) is 105 cm³/mol. The summed E-state index contributed by atoms with van der Waals surface area (Å²) in [5.74, 6) is -0.863. The third kappa shape index (κ3) is 3.99. The monoisotopic (exact) mass is 403 g/mol. The molecule has 1 aromatic carbocycles. The summed E-state index contributed by atoms with van der Waals surface area (Å²) in [7, 11) is 1.54. The largest absolute Gasteiger partial charge is 0.495 e. The van der Waals surface area contributed by atoms with E-state index in [2.05, 4.69) is 10.3 Å². The van der Waals surface area contributed by atoms with Crippen molar-refractivity contribution in [3.05, 3.63) is 34.8 Å². The molecule has 1 fully saturated rings. The molecule has 0 unspecified atom stereocenters. The summed E-state index contributed by atoms with van der Waals surface area (Å²) in [6, 6.07) is 7.19. The quantitative estimate of drug-likeness (QED) is 0.745. The van der Waals surface area contributed by atoms with Crippen molar-refractivity contribution in [3.63, 3.8) is 0 Å². The van der Waals surface area contributed by atoms with Gasteiger partial charge in [-0.2, -0.15) is 0 Å². The number of aromatic nitrogens is 1. The zero-order valence-electron chi connectivity index (χ0n) is 15.9. The van der Waals surface area contributed by atoms with E-state index < -0.39 is 11.9 Å². The molecular formula is C19H21N3O5S. The van der Waals surface area contributed by atoms with Gasteiger partial charge >= 0.3 is 5.97 Å². The number of nitrogens with zero attached hydrogens (tertiary/aromatic N) is 2. The number of ether oxygens (including phenoxy) is 2. The summed E-state index contributed by atoms with van der Waals surface area (Å²) < 4.78 is 10.3. The average molecular weight is 403 g/mol. The number of carbonyl (C=O) groups excluding carboxylic acids is 3. The number of para-hydroxylation sites is 2. The molecule has 3 rings (SSSR count). The van der Waals surface area contributed by atoms with Crippen LogP contribution in [0.1, 0.15) is 28.7 Å². The molecule has 8 nitrogen and oxygen atoms in total. The van der Waals surface area contributed by atoms with E-state index in [1.54, 1.807) is 30.9 Å². The molecular weight excluding hydrogens is 382 g/mol. The zero-order valence-corrected chi connectivity index (χ0v) is 16.7. The summed E-state index contributed by atoms with van der Waals surface area (Å²) in [6.45, 7) is 3.92. The molecule has 1 saturated heterocycles. The second-order valence-corrected chi connectivity index (χ2v) is 7.22. The number of aryl methyl sites for hydroxylation is 1. The minimum atomic E-state index is -0.521. The third-order valence-electron chi connectivity index (χ3n) is 4.36. The molecule has 2 aromatic rings. The van der Waals surface area contributed by atoms with Crippen molar-refractivity contribution in [2.75, 3.05) is 30.5 Å². The molecule has 28 heavy (non-hydrogen) atoms. The van der Waals surface area contributed by atoms with Gasteiger partial charge in [-0.25, -0.2) is 9.78 Å². The first-order valence-electron chi connectivity index (χ1n) is 8.83. The van der Waals surface area contributed by atoms with Gasteiger partial charge in [0.25, 0.3) is 0 Å². The van der Waals surface area contributed by atoms with E-state index in [0.29, 0.717) is 27.1 Å². The second-order valence-electron chi connectivity index (χ2n) is 6.22. The molecule has 0 aliphatic carbocycles. The average Bonchev–Trinajstić information content (AvgIpc) is 3.24. The molecule has 1 aromatic heterocycles. The maximum Gasteiger partial charge on any atom is 0.350 e. The van der Waals surface area contributed by atoms with Crippen LogP contribution in [0, 0.1) is 12.8 Å². The Bertz CT molecular complexity index is 911. The van der Waals surface area contributed by atoms with Gasteiger partial charge < -0.3 is 19.7 Å². The number of esters is 1. The highest BCUT2D eigenvalue weighted by Crippen LogP contribution is 2.33. The van der Waals surface area contributed by atoms with Crippen molar-refractivity contribution in [2.45, 2.75) is 20.3 Å². The van der Waals surface area contributed by atoms with Gasteiger partial charge in [-0.3, -0.25) is 9.59 Å². The molecule has 148 valence electrons. The van der Waals surface area contributed by atoms with Gasteiger partial charge in [-0.1, -0.05) is 23.5 Å². The van der Waals surface area contributed by atoms with Crippen LogP contribution >= 0.6 is 11.3 Å². The van der Waals surface area contributed by atoms with Crippen LogP contribution in [0.4, 0.5) is 10.8 Å². The van der Waals surface area contributed by atoms with Gasteiger partial charge in [-0.05, 0) is 26.0 Å². The summed E-state index contributed by atoms with van der Waals surface area (Å²) in [5, 5.41) is 3.03. The topological polar surface area (TPSA) is 97.8 Å². The lowest BCUT2D eigenvalue weighted by Crippen LogP contribution is -2.28. The molecule has 1 aliphatic rings. The van der Waals surface area contributed by atoms with Gasteiger partial charge in [0.05, 0.1) is 31.0 Å². The van der Waals surface area contributed by atoms with Crippen molar-refractivity contribution in [1.82, 2.24) is 4.98 Å². The normalized spacial score (nSPS) is 16.2. The molecule has 0 saturated carbocycles. The number of anilines is 2. The van der Waals surface area contributed by atoms with Gasteiger partial charge in [0.2, 0.25) is 11.8 Å². The van der Waals surface area contributed by atoms with E-state index in [-0.39, 0.29) is 31.4 Å². The SMILES string of the molecule is CCOC(=O)c1sc(NC(=O)[C@H]2CC(=O)N(c3ccccc3OC)C2)nc1C. The molecule has 2 amide bonds. The molecule has 0 radical (unpaired) electrons. The molecule has 1 atom stereocenters. The third-order valence-corrected chi connectivity index (χ3v) is 5.41. The highest BCUT2D eigenvalue weighted by Gasteiger charge is 2.36. The van der Waals surface area contributed by atoms with E-state index in [9.17, 15) is 14.4 Å². The fourth-order valence-electron chi connectivity index (χ4n) is 3.01. The summed E-state index contributed by atoms with van der Waals surface area (Å²) >= 11 is 1.06. The fraction of sp³-hybridized carbons (Fsp3) is 0.368. The van der Waals surface area contributed by atoms with Crippen LogP contribution in [-0.2, 0) is 14.3 Å². The van der Waals surface area contributed by atoms with Crippen molar-refractivity contribution < 1.29 is 23.9 Å². The molecule has 1 aliphatic heterocycles.